The van der Waals surface area contributed by atoms with Gasteiger partial charge in [-0.3, -0.25) is 9.71 Å². The predicted octanol–water partition coefficient (Wildman–Crippen LogP) is 5.76. The van der Waals surface area contributed by atoms with Crippen LogP contribution in [-0.4, -0.2) is 31.9 Å². The number of benzene rings is 3. The van der Waals surface area contributed by atoms with Gasteiger partial charge in [-0.2, -0.15) is 0 Å². The number of likely N-dealkylation sites (N-methyl/N-ethyl adjacent to an activating group) is 1. The second-order valence-corrected chi connectivity index (χ2v) is 10.5. The molecule has 2 heterocycles. The number of rotatable bonds is 8. The molecular formula is C28H27N3O3S. The van der Waals surface area contributed by atoms with Gasteiger partial charge >= 0.3 is 0 Å². The van der Waals surface area contributed by atoms with Crippen LogP contribution < -0.4 is 4.72 Å². The Balaban J connectivity index is 1.31. The summed E-state index contributed by atoms with van der Waals surface area (Å²) in [6.45, 7) is 3.61. The number of hydrogen-bond acceptors (Lipinski definition) is 5. The number of aromatic nitrogens is 1. The van der Waals surface area contributed by atoms with E-state index in [2.05, 4.69) is 39.9 Å². The van der Waals surface area contributed by atoms with Crippen LogP contribution in [0.2, 0.25) is 0 Å². The van der Waals surface area contributed by atoms with Crippen LogP contribution in [-0.2, 0) is 23.0 Å². The largest absolute Gasteiger partial charge is 0.461 e. The summed E-state index contributed by atoms with van der Waals surface area (Å²) < 4.78 is 34.2. The predicted molar refractivity (Wildman–Crippen MR) is 140 cm³/mol. The Morgan fingerprint density at radius 2 is 1.80 bits per heavy atom. The highest BCUT2D eigenvalue weighted by Gasteiger charge is 2.17. The fourth-order valence-electron chi connectivity index (χ4n) is 4.39. The zero-order chi connectivity index (χ0) is 24.4. The lowest BCUT2D eigenvalue weighted by Gasteiger charge is -2.17. The van der Waals surface area contributed by atoms with E-state index in [0.29, 0.717) is 5.69 Å². The average molecular weight is 486 g/mol. The summed E-state index contributed by atoms with van der Waals surface area (Å²) in [5.41, 5.74) is 3.60. The molecule has 0 aliphatic heterocycles. The minimum absolute atomic E-state index is 0.231. The maximum Gasteiger partial charge on any atom is 0.261 e. The molecule has 35 heavy (non-hydrogen) atoms. The van der Waals surface area contributed by atoms with Gasteiger partial charge in [-0.25, -0.2) is 8.42 Å². The lowest BCUT2D eigenvalue weighted by Crippen LogP contribution is -2.20. The van der Waals surface area contributed by atoms with Crippen LogP contribution >= 0.6 is 0 Å². The van der Waals surface area contributed by atoms with Crippen LogP contribution in [0.4, 0.5) is 5.69 Å². The normalized spacial score (nSPS) is 12.0. The number of nitrogens with zero attached hydrogens (tertiary/aromatic N) is 2. The molecule has 0 unspecified atom stereocenters. The van der Waals surface area contributed by atoms with Crippen molar-refractivity contribution in [3.63, 3.8) is 0 Å². The topological polar surface area (TPSA) is 75.4 Å². The molecule has 7 heteroatoms. The Labute approximate surface area is 205 Å². The summed E-state index contributed by atoms with van der Waals surface area (Å²) in [5.74, 6) is 0.855. The monoisotopic (exact) mass is 485 g/mol. The van der Waals surface area contributed by atoms with E-state index in [1.807, 2.05) is 37.5 Å². The van der Waals surface area contributed by atoms with Gasteiger partial charge in [0.1, 0.15) is 11.3 Å². The average Bonchev–Trinajstić information content (AvgIpc) is 3.17. The van der Waals surface area contributed by atoms with Gasteiger partial charge in [-0.15, -0.1) is 0 Å². The highest BCUT2D eigenvalue weighted by molar-refractivity contribution is 7.92. The van der Waals surface area contributed by atoms with Gasteiger partial charge in [0.25, 0.3) is 10.0 Å². The van der Waals surface area contributed by atoms with E-state index in [1.54, 1.807) is 36.4 Å². The van der Waals surface area contributed by atoms with Gasteiger partial charge < -0.3 is 9.32 Å². The number of aryl methyl sites for hydroxylation is 1. The Morgan fingerprint density at radius 3 is 2.63 bits per heavy atom. The van der Waals surface area contributed by atoms with Crippen LogP contribution in [0.15, 0.2) is 94.5 Å². The Bertz CT molecular complexity index is 1590. The molecule has 0 saturated carbocycles. The second-order valence-electron chi connectivity index (χ2n) is 8.81. The number of hydrogen-bond donors (Lipinski definition) is 1. The van der Waals surface area contributed by atoms with E-state index < -0.39 is 10.0 Å². The smallest absolute Gasteiger partial charge is 0.261 e. The van der Waals surface area contributed by atoms with Crippen molar-refractivity contribution in [3.8, 4) is 0 Å². The molecule has 5 rings (SSSR count). The van der Waals surface area contributed by atoms with E-state index in [-0.39, 0.29) is 4.90 Å². The SMILES string of the molecule is Cc1oc2ccc(NS(=O)(=O)c3ccccc3)cc2c1CCN(C)Cc1ccc2ccncc2c1. The molecule has 0 amide bonds. The number of anilines is 1. The molecule has 6 nitrogen and oxygen atoms in total. The lowest BCUT2D eigenvalue weighted by atomic mass is 10.1. The zero-order valence-electron chi connectivity index (χ0n) is 19.7. The molecule has 2 aromatic heterocycles. The summed E-state index contributed by atoms with van der Waals surface area (Å²) in [6.07, 6.45) is 4.49. The number of pyridine rings is 1. The molecule has 0 saturated heterocycles. The Morgan fingerprint density at radius 1 is 0.971 bits per heavy atom. The van der Waals surface area contributed by atoms with Crippen molar-refractivity contribution in [3.05, 3.63) is 102 Å². The standard InChI is InChI=1S/C28H27N3O3S/c1-20-26(13-15-31(2)19-21-8-9-22-12-14-29-18-23(22)16-21)27-17-24(10-11-28(27)34-20)30-35(32,33)25-6-4-3-5-7-25/h3-12,14,16-18,30H,13,15,19H2,1-2H3. The zero-order valence-corrected chi connectivity index (χ0v) is 20.5. The molecule has 0 fully saturated rings. The van der Waals surface area contributed by atoms with E-state index in [0.717, 1.165) is 47.2 Å². The molecule has 178 valence electrons. The summed E-state index contributed by atoms with van der Waals surface area (Å²) >= 11 is 0. The van der Waals surface area contributed by atoms with Crippen LogP contribution in [0.25, 0.3) is 21.7 Å². The van der Waals surface area contributed by atoms with Crippen LogP contribution in [0, 0.1) is 6.92 Å². The first-order valence-corrected chi connectivity index (χ1v) is 13.0. The van der Waals surface area contributed by atoms with Gasteiger partial charge in [0.15, 0.2) is 0 Å². The third-order valence-electron chi connectivity index (χ3n) is 6.20. The minimum atomic E-state index is -3.66. The first-order chi connectivity index (χ1) is 16.9. The van der Waals surface area contributed by atoms with Crippen molar-refractivity contribution in [2.24, 2.45) is 0 Å². The highest BCUT2D eigenvalue weighted by Crippen LogP contribution is 2.30. The summed E-state index contributed by atoms with van der Waals surface area (Å²) in [5, 5.41) is 3.26. The van der Waals surface area contributed by atoms with Crippen molar-refractivity contribution < 1.29 is 12.8 Å². The van der Waals surface area contributed by atoms with Crippen molar-refractivity contribution in [2.45, 2.75) is 24.8 Å². The number of nitrogens with one attached hydrogen (secondary N) is 1. The Hall–Kier alpha value is -3.68. The lowest BCUT2D eigenvalue weighted by molar-refractivity contribution is 0.331. The fourth-order valence-corrected chi connectivity index (χ4v) is 5.46. The van der Waals surface area contributed by atoms with Gasteiger partial charge in [0, 0.05) is 47.5 Å². The molecule has 0 spiro atoms. The summed E-state index contributed by atoms with van der Waals surface area (Å²) in [7, 11) is -1.56. The van der Waals surface area contributed by atoms with Crippen LogP contribution in [0.3, 0.4) is 0 Å². The maximum absolute atomic E-state index is 12.8. The van der Waals surface area contributed by atoms with Crippen LogP contribution in [0.1, 0.15) is 16.9 Å². The minimum Gasteiger partial charge on any atom is -0.461 e. The first-order valence-electron chi connectivity index (χ1n) is 11.5. The quantitative estimate of drug-likeness (QED) is 0.302. The third kappa shape index (κ3) is 5.06. The van der Waals surface area contributed by atoms with Gasteiger partial charge in [0.05, 0.1) is 4.90 Å². The highest BCUT2D eigenvalue weighted by atomic mass is 32.2. The molecular weight excluding hydrogens is 458 g/mol. The van der Waals surface area contributed by atoms with Crippen molar-refractivity contribution in [1.29, 1.82) is 0 Å². The second kappa shape index (κ2) is 9.52. The van der Waals surface area contributed by atoms with Gasteiger partial charge in [-0.05, 0) is 73.8 Å². The number of fused-ring (bicyclic) bond motifs is 2. The van der Waals surface area contributed by atoms with E-state index >= 15 is 0 Å². The molecule has 0 aliphatic rings. The Kier molecular flexibility index (Phi) is 6.28. The summed E-state index contributed by atoms with van der Waals surface area (Å²) in [6, 6.07) is 22.3. The van der Waals surface area contributed by atoms with E-state index in [9.17, 15) is 8.42 Å². The van der Waals surface area contributed by atoms with Crippen molar-refractivity contribution in [1.82, 2.24) is 9.88 Å². The molecule has 3 aromatic carbocycles. The number of furan rings is 1. The molecule has 0 aliphatic carbocycles. The van der Waals surface area contributed by atoms with E-state index in [1.165, 1.54) is 10.9 Å². The maximum atomic E-state index is 12.8. The molecule has 0 bridgehead atoms. The third-order valence-corrected chi connectivity index (χ3v) is 7.60. The van der Waals surface area contributed by atoms with Crippen molar-refractivity contribution >= 4 is 37.5 Å². The number of sulfonamides is 1. The molecule has 5 aromatic rings. The van der Waals surface area contributed by atoms with Gasteiger partial charge in [-0.1, -0.05) is 30.3 Å². The van der Waals surface area contributed by atoms with Gasteiger partial charge in [0.2, 0.25) is 0 Å². The summed E-state index contributed by atoms with van der Waals surface area (Å²) in [4.78, 5) is 6.73. The molecule has 0 atom stereocenters. The fraction of sp³-hybridized carbons (Fsp3) is 0.179. The van der Waals surface area contributed by atoms with Crippen LogP contribution in [0.5, 0.6) is 0 Å². The first kappa shape index (κ1) is 23.1. The molecule has 1 N–H and O–H groups in total. The van der Waals surface area contributed by atoms with Crippen molar-refractivity contribution in [2.75, 3.05) is 18.3 Å². The molecule has 0 radical (unpaired) electrons. The van der Waals surface area contributed by atoms with E-state index in [4.69, 9.17) is 4.42 Å².